The van der Waals surface area contributed by atoms with Crippen molar-refractivity contribution in [3.63, 3.8) is 0 Å². The number of hydrogen-bond donors (Lipinski definition) is 2. The van der Waals surface area contributed by atoms with Gasteiger partial charge in [0.05, 0.1) is 0 Å². The smallest absolute Gasteiger partial charge is 0.149 e. The summed E-state index contributed by atoms with van der Waals surface area (Å²) in [7, 11) is 1.79. The van der Waals surface area contributed by atoms with Crippen molar-refractivity contribution in [3.8, 4) is 0 Å². The summed E-state index contributed by atoms with van der Waals surface area (Å²) in [5, 5.41) is 10.4. The van der Waals surface area contributed by atoms with Crippen LogP contribution < -0.4 is 11.1 Å². The molecule has 0 aliphatic carbocycles. The molecule has 0 aliphatic rings. The molecule has 0 atom stereocenters. The molecule has 1 heterocycles. The lowest BCUT2D eigenvalue weighted by Crippen LogP contribution is -2.00. The van der Waals surface area contributed by atoms with Crippen LogP contribution >= 0.6 is 0 Å². The molecule has 0 saturated carbocycles. The molecular weight excluding hydrogens is 128 g/mol. The SMILES string of the molecule is CNc1cc(C)c(N)nn1. The van der Waals surface area contributed by atoms with Crippen LogP contribution in [0.5, 0.6) is 0 Å². The van der Waals surface area contributed by atoms with E-state index in [1.54, 1.807) is 7.05 Å². The summed E-state index contributed by atoms with van der Waals surface area (Å²) in [6.45, 7) is 1.89. The second-order valence-electron chi connectivity index (χ2n) is 2.05. The largest absolute Gasteiger partial charge is 0.382 e. The monoisotopic (exact) mass is 138 g/mol. The van der Waals surface area contributed by atoms with Gasteiger partial charge in [0.15, 0.2) is 0 Å². The van der Waals surface area contributed by atoms with Crippen LogP contribution in [0, 0.1) is 6.92 Å². The molecule has 1 aromatic heterocycles. The van der Waals surface area contributed by atoms with Crippen LogP contribution in [-0.2, 0) is 0 Å². The van der Waals surface area contributed by atoms with E-state index in [0.717, 1.165) is 11.4 Å². The zero-order valence-corrected chi connectivity index (χ0v) is 6.05. The fourth-order valence-electron chi connectivity index (χ4n) is 0.617. The second kappa shape index (κ2) is 2.51. The van der Waals surface area contributed by atoms with Crippen molar-refractivity contribution in [2.75, 3.05) is 18.1 Å². The summed E-state index contributed by atoms with van der Waals surface area (Å²) in [6, 6.07) is 1.85. The van der Waals surface area contributed by atoms with Crippen LogP contribution in [0.2, 0.25) is 0 Å². The maximum Gasteiger partial charge on any atom is 0.149 e. The summed E-state index contributed by atoms with van der Waals surface area (Å²) in [5.74, 6) is 1.23. The van der Waals surface area contributed by atoms with Crippen molar-refractivity contribution in [3.05, 3.63) is 11.6 Å². The van der Waals surface area contributed by atoms with Gasteiger partial charge in [-0.05, 0) is 18.6 Å². The van der Waals surface area contributed by atoms with E-state index in [2.05, 4.69) is 15.5 Å². The predicted molar refractivity (Wildman–Crippen MR) is 40.7 cm³/mol. The first-order valence-corrected chi connectivity index (χ1v) is 3.01. The second-order valence-corrected chi connectivity index (χ2v) is 2.05. The molecular formula is C6H10N4. The first-order valence-electron chi connectivity index (χ1n) is 3.01. The Kier molecular flexibility index (Phi) is 1.71. The molecule has 3 N–H and O–H groups in total. The predicted octanol–water partition coefficient (Wildman–Crippen LogP) is 0.409. The van der Waals surface area contributed by atoms with E-state index in [0.29, 0.717) is 5.82 Å². The van der Waals surface area contributed by atoms with Gasteiger partial charge in [-0.1, -0.05) is 0 Å². The third kappa shape index (κ3) is 1.15. The minimum Gasteiger partial charge on any atom is -0.382 e. The van der Waals surface area contributed by atoms with Gasteiger partial charge in [-0.25, -0.2) is 0 Å². The third-order valence-electron chi connectivity index (χ3n) is 1.28. The molecule has 0 unspecified atom stereocenters. The van der Waals surface area contributed by atoms with Crippen LogP contribution in [0.15, 0.2) is 6.07 Å². The van der Waals surface area contributed by atoms with Gasteiger partial charge in [0, 0.05) is 7.05 Å². The number of nitrogens with one attached hydrogen (secondary N) is 1. The molecule has 0 bridgehead atoms. The van der Waals surface area contributed by atoms with Crippen molar-refractivity contribution in [2.45, 2.75) is 6.92 Å². The third-order valence-corrected chi connectivity index (χ3v) is 1.28. The molecule has 0 radical (unpaired) electrons. The zero-order valence-electron chi connectivity index (χ0n) is 6.05. The quantitative estimate of drug-likeness (QED) is 0.590. The number of rotatable bonds is 1. The lowest BCUT2D eigenvalue weighted by atomic mass is 10.3. The standard InChI is InChI=1S/C6H10N4/c1-4-3-5(8-2)9-10-6(4)7/h3H,1-2H3,(H2,7,10)(H,8,9). The number of aromatic nitrogens is 2. The van der Waals surface area contributed by atoms with E-state index < -0.39 is 0 Å². The summed E-state index contributed by atoms with van der Waals surface area (Å²) >= 11 is 0. The van der Waals surface area contributed by atoms with Gasteiger partial charge in [-0.3, -0.25) is 0 Å². The van der Waals surface area contributed by atoms with Crippen LogP contribution in [0.3, 0.4) is 0 Å². The van der Waals surface area contributed by atoms with Crippen LogP contribution in [0.4, 0.5) is 11.6 Å². The van der Waals surface area contributed by atoms with Gasteiger partial charge < -0.3 is 11.1 Å². The Morgan fingerprint density at radius 2 is 2.20 bits per heavy atom. The van der Waals surface area contributed by atoms with E-state index in [1.165, 1.54) is 0 Å². The Morgan fingerprint density at radius 3 is 2.70 bits per heavy atom. The normalized spacial score (nSPS) is 9.40. The highest BCUT2D eigenvalue weighted by Crippen LogP contribution is 2.08. The summed E-state index contributed by atoms with van der Waals surface area (Å²) < 4.78 is 0. The Morgan fingerprint density at radius 1 is 1.50 bits per heavy atom. The molecule has 4 nitrogen and oxygen atoms in total. The average Bonchev–Trinajstić information content (AvgIpc) is 1.95. The summed E-state index contributed by atoms with van der Waals surface area (Å²) in [6.07, 6.45) is 0. The highest BCUT2D eigenvalue weighted by Gasteiger charge is 1.95. The van der Waals surface area contributed by atoms with Crippen molar-refractivity contribution in [1.82, 2.24) is 10.2 Å². The highest BCUT2D eigenvalue weighted by molar-refractivity contribution is 5.44. The van der Waals surface area contributed by atoms with Gasteiger partial charge >= 0.3 is 0 Å². The molecule has 0 saturated heterocycles. The number of nitrogens with zero attached hydrogens (tertiary/aromatic N) is 2. The minimum atomic E-state index is 0.485. The van der Waals surface area contributed by atoms with Gasteiger partial charge in [-0.15, -0.1) is 10.2 Å². The number of nitrogens with two attached hydrogens (primary N) is 1. The van der Waals surface area contributed by atoms with E-state index in [-0.39, 0.29) is 0 Å². The molecule has 0 fully saturated rings. The fraction of sp³-hybridized carbons (Fsp3) is 0.333. The fourth-order valence-corrected chi connectivity index (χ4v) is 0.617. The van der Waals surface area contributed by atoms with E-state index in [9.17, 15) is 0 Å². The summed E-state index contributed by atoms with van der Waals surface area (Å²) in [4.78, 5) is 0. The number of aryl methyl sites for hydroxylation is 1. The van der Waals surface area contributed by atoms with Crippen molar-refractivity contribution in [1.29, 1.82) is 0 Å². The molecule has 1 aromatic rings. The lowest BCUT2D eigenvalue weighted by molar-refractivity contribution is 1.03. The first-order chi connectivity index (χ1) is 4.74. The Hall–Kier alpha value is -1.32. The Labute approximate surface area is 59.5 Å². The van der Waals surface area contributed by atoms with Gasteiger partial charge in [0.25, 0.3) is 0 Å². The zero-order chi connectivity index (χ0) is 7.56. The van der Waals surface area contributed by atoms with E-state index >= 15 is 0 Å². The maximum atomic E-state index is 5.44. The van der Waals surface area contributed by atoms with Crippen LogP contribution in [-0.4, -0.2) is 17.2 Å². The van der Waals surface area contributed by atoms with Crippen molar-refractivity contribution >= 4 is 11.6 Å². The van der Waals surface area contributed by atoms with Crippen LogP contribution in [0.1, 0.15) is 5.56 Å². The average molecular weight is 138 g/mol. The van der Waals surface area contributed by atoms with Gasteiger partial charge in [-0.2, -0.15) is 0 Å². The van der Waals surface area contributed by atoms with Gasteiger partial charge in [0.1, 0.15) is 11.6 Å². The molecule has 0 aromatic carbocycles. The van der Waals surface area contributed by atoms with Crippen LogP contribution in [0.25, 0.3) is 0 Å². The minimum absolute atomic E-state index is 0.485. The molecule has 54 valence electrons. The van der Waals surface area contributed by atoms with E-state index in [4.69, 9.17) is 5.73 Å². The number of anilines is 2. The van der Waals surface area contributed by atoms with Crippen molar-refractivity contribution in [2.24, 2.45) is 0 Å². The van der Waals surface area contributed by atoms with E-state index in [1.807, 2.05) is 13.0 Å². The Balaban J connectivity index is 3.04. The summed E-state index contributed by atoms with van der Waals surface area (Å²) in [5.41, 5.74) is 6.39. The molecule has 0 amide bonds. The maximum absolute atomic E-state index is 5.44. The first kappa shape index (κ1) is 6.80. The topological polar surface area (TPSA) is 63.8 Å². The Bertz CT molecular complexity index is 233. The highest BCUT2D eigenvalue weighted by atomic mass is 15.2. The number of nitrogen functional groups attached to an aromatic ring is 1. The van der Waals surface area contributed by atoms with Crippen molar-refractivity contribution < 1.29 is 0 Å². The molecule has 4 heteroatoms. The number of hydrogen-bond acceptors (Lipinski definition) is 4. The lowest BCUT2D eigenvalue weighted by Gasteiger charge is -1.99. The molecule has 1 rings (SSSR count). The molecule has 10 heavy (non-hydrogen) atoms. The van der Waals surface area contributed by atoms with Gasteiger partial charge in [0.2, 0.25) is 0 Å². The molecule has 0 aliphatic heterocycles. The molecule has 0 spiro atoms.